The van der Waals surface area contributed by atoms with Crippen LogP contribution in [0.1, 0.15) is 0 Å². The molecule has 0 aromatic carbocycles. The summed E-state index contributed by atoms with van der Waals surface area (Å²) in [5, 5.41) is 3.12. The highest BCUT2D eigenvalue weighted by atomic mass is 32.2. The molecular weight excluding hydrogens is 248 g/mol. The molecule has 96 valence electrons. The van der Waals surface area contributed by atoms with Gasteiger partial charge in [0, 0.05) is 48.5 Å². The maximum Gasteiger partial charge on any atom is 0.152 e. The Morgan fingerprint density at radius 1 is 1.12 bits per heavy atom. The van der Waals surface area contributed by atoms with Gasteiger partial charge < -0.3 is 10.2 Å². The van der Waals surface area contributed by atoms with Gasteiger partial charge >= 0.3 is 0 Å². The number of rotatable bonds is 0. The van der Waals surface area contributed by atoms with Crippen molar-refractivity contribution in [2.45, 2.75) is 0 Å². The lowest BCUT2D eigenvalue weighted by molar-refractivity contribution is 0.360. The van der Waals surface area contributed by atoms with Crippen LogP contribution in [-0.2, 0) is 20.6 Å². The second-order valence-electron chi connectivity index (χ2n) is 4.05. The molecule has 0 radical (unpaired) electrons. The van der Waals surface area contributed by atoms with E-state index in [0.29, 0.717) is 24.6 Å². The first-order chi connectivity index (χ1) is 7.49. The molecule has 2 rings (SSSR count). The normalized spacial score (nSPS) is 26.8. The molecule has 2 aliphatic rings. The maximum absolute atomic E-state index is 10.8. The van der Waals surface area contributed by atoms with E-state index in [9.17, 15) is 12.6 Å². The molecule has 0 unspecified atom stereocenters. The Kier molecular flexibility index (Phi) is 5.88. The fourth-order valence-electron chi connectivity index (χ4n) is 1.40. The number of sulfone groups is 1. The zero-order chi connectivity index (χ0) is 12.0. The van der Waals surface area contributed by atoms with Crippen molar-refractivity contribution >= 4 is 20.6 Å². The summed E-state index contributed by atoms with van der Waals surface area (Å²) < 4.78 is 32.1. The van der Waals surface area contributed by atoms with E-state index in [0.717, 1.165) is 24.6 Å². The van der Waals surface area contributed by atoms with Crippen molar-refractivity contribution in [3.05, 3.63) is 0 Å². The number of hydrogen-bond acceptors (Lipinski definition) is 5. The Balaban J connectivity index is 0.000000165. The topological polar surface area (TPSA) is 66.5 Å². The van der Waals surface area contributed by atoms with Gasteiger partial charge in [0.25, 0.3) is 0 Å². The van der Waals surface area contributed by atoms with Crippen LogP contribution in [0.3, 0.4) is 0 Å². The first kappa shape index (κ1) is 14.1. The number of nitrogens with zero attached hydrogens (tertiary/aromatic N) is 1. The quantitative estimate of drug-likeness (QED) is 0.590. The summed E-state index contributed by atoms with van der Waals surface area (Å²) in [4.78, 5) is 2.03. The molecule has 2 heterocycles. The van der Waals surface area contributed by atoms with Crippen LogP contribution in [0, 0.1) is 0 Å². The zero-order valence-electron chi connectivity index (χ0n) is 9.65. The van der Waals surface area contributed by atoms with Crippen LogP contribution in [0.4, 0.5) is 0 Å². The molecule has 5 nitrogen and oxygen atoms in total. The van der Waals surface area contributed by atoms with Gasteiger partial charge in [-0.3, -0.25) is 4.21 Å². The SMILES string of the molecule is CN1CCS(=O)(=O)CC1.O=S1CCNCC1. The van der Waals surface area contributed by atoms with Crippen LogP contribution in [0.2, 0.25) is 0 Å². The molecule has 2 fully saturated rings. The Labute approximate surface area is 100.0 Å². The van der Waals surface area contributed by atoms with Crippen LogP contribution < -0.4 is 5.32 Å². The van der Waals surface area contributed by atoms with E-state index < -0.39 is 20.6 Å². The Bertz CT molecular complexity index is 308. The van der Waals surface area contributed by atoms with Crippen molar-refractivity contribution in [2.24, 2.45) is 0 Å². The van der Waals surface area contributed by atoms with Gasteiger partial charge in [0.15, 0.2) is 9.84 Å². The number of hydrogen-bond donors (Lipinski definition) is 1. The van der Waals surface area contributed by atoms with Crippen LogP contribution in [0.25, 0.3) is 0 Å². The third kappa shape index (κ3) is 5.93. The molecule has 0 aromatic rings. The van der Waals surface area contributed by atoms with Crippen LogP contribution in [0.5, 0.6) is 0 Å². The lowest BCUT2D eigenvalue weighted by Gasteiger charge is -2.21. The van der Waals surface area contributed by atoms with Crippen molar-refractivity contribution in [3.8, 4) is 0 Å². The molecule has 0 aromatic heterocycles. The van der Waals surface area contributed by atoms with Crippen molar-refractivity contribution in [3.63, 3.8) is 0 Å². The largest absolute Gasteiger partial charge is 0.315 e. The van der Waals surface area contributed by atoms with E-state index in [1.807, 2.05) is 11.9 Å². The van der Waals surface area contributed by atoms with Gasteiger partial charge in [-0.25, -0.2) is 8.42 Å². The minimum absolute atomic E-state index is 0.337. The lowest BCUT2D eigenvalue weighted by atomic mass is 10.6. The Hall–Kier alpha value is 0.0200. The summed E-state index contributed by atoms with van der Waals surface area (Å²) in [7, 11) is -1.22. The van der Waals surface area contributed by atoms with Crippen molar-refractivity contribution in [1.29, 1.82) is 0 Å². The first-order valence-electron chi connectivity index (χ1n) is 5.44. The average Bonchev–Trinajstić information content (AvgIpc) is 2.25. The van der Waals surface area contributed by atoms with E-state index in [-0.39, 0.29) is 0 Å². The number of nitrogens with one attached hydrogen (secondary N) is 1. The molecule has 0 aliphatic carbocycles. The zero-order valence-corrected chi connectivity index (χ0v) is 11.3. The first-order valence-corrected chi connectivity index (χ1v) is 8.75. The molecule has 7 heteroatoms. The molecule has 0 bridgehead atoms. The van der Waals surface area contributed by atoms with Crippen molar-refractivity contribution in [2.75, 3.05) is 56.2 Å². The predicted octanol–water partition coefficient (Wildman–Crippen LogP) is -1.32. The highest BCUT2D eigenvalue weighted by molar-refractivity contribution is 7.91. The van der Waals surface area contributed by atoms with Crippen LogP contribution >= 0.6 is 0 Å². The third-order valence-electron chi connectivity index (χ3n) is 2.58. The highest BCUT2D eigenvalue weighted by Crippen LogP contribution is 1.99. The molecule has 0 amide bonds. The molecule has 16 heavy (non-hydrogen) atoms. The minimum atomic E-state index is -2.66. The third-order valence-corrected chi connectivity index (χ3v) is 5.51. The summed E-state index contributed by atoms with van der Waals surface area (Å²) in [6.07, 6.45) is 0. The second-order valence-corrected chi connectivity index (χ2v) is 8.05. The monoisotopic (exact) mass is 268 g/mol. The summed E-state index contributed by atoms with van der Waals surface area (Å²) in [5.74, 6) is 2.37. The van der Waals surface area contributed by atoms with Crippen molar-refractivity contribution in [1.82, 2.24) is 10.2 Å². The van der Waals surface area contributed by atoms with E-state index in [1.165, 1.54) is 0 Å². The van der Waals surface area contributed by atoms with Gasteiger partial charge in [-0.1, -0.05) is 0 Å². The summed E-state index contributed by atoms with van der Waals surface area (Å²) in [5.41, 5.74) is 0. The molecule has 0 saturated carbocycles. The maximum atomic E-state index is 10.8. The molecule has 2 aliphatic heterocycles. The Morgan fingerprint density at radius 3 is 1.94 bits per heavy atom. The summed E-state index contributed by atoms with van der Waals surface area (Å²) in [6.45, 7) is 3.27. The van der Waals surface area contributed by atoms with E-state index in [1.54, 1.807) is 0 Å². The van der Waals surface area contributed by atoms with Gasteiger partial charge in [0.2, 0.25) is 0 Å². The van der Waals surface area contributed by atoms with Crippen LogP contribution in [-0.4, -0.2) is 73.8 Å². The second kappa shape index (κ2) is 6.68. The Morgan fingerprint density at radius 2 is 1.62 bits per heavy atom. The summed E-state index contributed by atoms with van der Waals surface area (Å²) >= 11 is 0. The van der Waals surface area contributed by atoms with Gasteiger partial charge in [0.05, 0.1) is 11.5 Å². The fraction of sp³-hybridized carbons (Fsp3) is 1.00. The highest BCUT2D eigenvalue weighted by Gasteiger charge is 2.17. The molecule has 0 spiro atoms. The van der Waals surface area contributed by atoms with Gasteiger partial charge in [0.1, 0.15) is 0 Å². The van der Waals surface area contributed by atoms with Gasteiger partial charge in [-0.2, -0.15) is 0 Å². The van der Waals surface area contributed by atoms with Crippen molar-refractivity contribution < 1.29 is 12.6 Å². The molecular formula is C9H20N2O3S2. The van der Waals surface area contributed by atoms with E-state index in [4.69, 9.17) is 0 Å². The molecule has 0 atom stereocenters. The van der Waals surface area contributed by atoms with E-state index >= 15 is 0 Å². The standard InChI is InChI=1S/C5H11NO2S.C4H9NOS/c1-6-2-4-9(7,8)5-3-6;6-7-3-1-5-2-4-7/h2-5H2,1H3;5H,1-4H2. The summed E-state index contributed by atoms with van der Waals surface area (Å²) in [6, 6.07) is 0. The average molecular weight is 268 g/mol. The molecule has 2 saturated heterocycles. The van der Waals surface area contributed by atoms with Gasteiger partial charge in [-0.05, 0) is 7.05 Å². The smallest absolute Gasteiger partial charge is 0.152 e. The van der Waals surface area contributed by atoms with E-state index in [2.05, 4.69) is 5.32 Å². The predicted molar refractivity (Wildman–Crippen MR) is 66.9 cm³/mol. The fourth-order valence-corrected chi connectivity index (χ4v) is 3.73. The lowest BCUT2D eigenvalue weighted by Crippen LogP contribution is -2.37. The minimum Gasteiger partial charge on any atom is -0.315 e. The van der Waals surface area contributed by atoms with Gasteiger partial charge in [-0.15, -0.1) is 0 Å². The molecule has 1 N–H and O–H groups in total. The van der Waals surface area contributed by atoms with Crippen LogP contribution in [0.15, 0.2) is 0 Å².